The molecular formula is C18H34N2O. The lowest BCUT2D eigenvalue weighted by Crippen LogP contribution is -2.50. The first kappa shape index (κ1) is 16.8. The van der Waals surface area contributed by atoms with Crippen LogP contribution in [0.2, 0.25) is 0 Å². The van der Waals surface area contributed by atoms with E-state index in [0.29, 0.717) is 23.9 Å². The van der Waals surface area contributed by atoms with E-state index in [1.54, 1.807) is 0 Å². The molecule has 1 aliphatic carbocycles. The summed E-state index contributed by atoms with van der Waals surface area (Å²) in [6, 6.07) is 0.818. The van der Waals surface area contributed by atoms with E-state index in [0.717, 1.165) is 32.4 Å². The van der Waals surface area contributed by atoms with Crippen molar-refractivity contribution >= 4 is 5.91 Å². The minimum atomic E-state index is -0.0585. The fourth-order valence-electron chi connectivity index (χ4n) is 4.32. The van der Waals surface area contributed by atoms with Crippen LogP contribution in [0.25, 0.3) is 0 Å². The summed E-state index contributed by atoms with van der Waals surface area (Å²) >= 11 is 0. The third-order valence-electron chi connectivity index (χ3n) is 5.28. The molecule has 0 aromatic rings. The highest BCUT2D eigenvalue weighted by molar-refractivity contribution is 5.83. The number of nitrogens with zero attached hydrogens (tertiary/aromatic N) is 1. The first-order valence-corrected chi connectivity index (χ1v) is 8.99. The SMILES string of the molecule is CC(C)CC1(C(=O)N(CC2CCCN2)C(C)C)CCCC1. The van der Waals surface area contributed by atoms with Crippen molar-refractivity contribution in [1.29, 1.82) is 0 Å². The highest BCUT2D eigenvalue weighted by atomic mass is 16.2. The van der Waals surface area contributed by atoms with E-state index >= 15 is 0 Å². The molecule has 1 heterocycles. The van der Waals surface area contributed by atoms with Gasteiger partial charge in [-0.25, -0.2) is 0 Å². The lowest BCUT2D eigenvalue weighted by molar-refractivity contribution is -0.145. The number of hydrogen-bond acceptors (Lipinski definition) is 2. The molecule has 1 saturated carbocycles. The quantitative estimate of drug-likeness (QED) is 0.812. The maximum absolute atomic E-state index is 13.3. The van der Waals surface area contributed by atoms with Gasteiger partial charge < -0.3 is 10.2 Å². The van der Waals surface area contributed by atoms with Crippen LogP contribution < -0.4 is 5.32 Å². The van der Waals surface area contributed by atoms with Gasteiger partial charge >= 0.3 is 0 Å². The molecule has 2 aliphatic rings. The van der Waals surface area contributed by atoms with Gasteiger partial charge in [-0.15, -0.1) is 0 Å². The molecule has 21 heavy (non-hydrogen) atoms. The molecule has 3 heteroatoms. The van der Waals surface area contributed by atoms with E-state index in [2.05, 4.69) is 37.9 Å². The molecule has 1 N–H and O–H groups in total. The largest absolute Gasteiger partial charge is 0.338 e. The normalized spacial score (nSPS) is 25.0. The molecule has 1 aliphatic heterocycles. The van der Waals surface area contributed by atoms with Gasteiger partial charge in [-0.2, -0.15) is 0 Å². The van der Waals surface area contributed by atoms with E-state index < -0.39 is 0 Å². The number of amides is 1. The predicted octanol–water partition coefficient (Wildman–Crippen LogP) is 3.58. The molecule has 1 atom stereocenters. The van der Waals surface area contributed by atoms with Gasteiger partial charge in [-0.05, 0) is 58.4 Å². The molecular weight excluding hydrogens is 260 g/mol. The standard InChI is InChI=1S/C18H34N2O/c1-14(2)12-18(9-5-6-10-18)17(21)20(15(3)4)13-16-8-7-11-19-16/h14-16,19H,5-13H2,1-4H3. The Kier molecular flexibility index (Phi) is 5.70. The summed E-state index contributed by atoms with van der Waals surface area (Å²) in [4.78, 5) is 15.5. The molecule has 0 spiro atoms. The summed E-state index contributed by atoms with van der Waals surface area (Å²) in [7, 11) is 0. The minimum Gasteiger partial charge on any atom is -0.338 e. The van der Waals surface area contributed by atoms with Crippen LogP contribution in [0, 0.1) is 11.3 Å². The van der Waals surface area contributed by atoms with Crippen LogP contribution in [-0.2, 0) is 4.79 Å². The highest BCUT2D eigenvalue weighted by Crippen LogP contribution is 2.45. The molecule has 1 amide bonds. The van der Waals surface area contributed by atoms with E-state index in [4.69, 9.17) is 0 Å². The number of rotatable bonds is 6. The van der Waals surface area contributed by atoms with Crippen molar-refractivity contribution in [3.63, 3.8) is 0 Å². The van der Waals surface area contributed by atoms with Crippen LogP contribution in [-0.4, -0.2) is 36.0 Å². The van der Waals surface area contributed by atoms with Crippen LogP contribution in [0.5, 0.6) is 0 Å². The molecule has 0 aromatic carbocycles. The lowest BCUT2D eigenvalue weighted by atomic mass is 9.77. The summed E-state index contributed by atoms with van der Waals surface area (Å²) in [5, 5.41) is 3.55. The average Bonchev–Trinajstić information content (AvgIpc) is 3.06. The number of carbonyl (C=O) groups is 1. The topological polar surface area (TPSA) is 32.3 Å². The van der Waals surface area contributed by atoms with Crippen LogP contribution in [0.15, 0.2) is 0 Å². The highest BCUT2D eigenvalue weighted by Gasteiger charge is 2.44. The van der Waals surface area contributed by atoms with Crippen molar-refractivity contribution in [2.75, 3.05) is 13.1 Å². The Balaban J connectivity index is 2.10. The van der Waals surface area contributed by atoms with Crippen LogP contribution >= 0.6 is 0 Å². The van der Waals surface area contributed by atoms with Gasteiger partial charge in [0.1, 0.15) is 0 Å². The second kappa shape index (κ2) is 7.13. The Morgan fingerprint density at radius 2 is 1.86 bits per heavy atom. The summed E-state index contributed by atoms with van der Waals surface area (Å²) in [6.07, 6.45) is 8.19. The first-order valence-electron chi connectivity index (χ1n) is 8.99. The predicted molar refractivity (Wildman–Crippen MR) is 88.2 cm³/mol. The summed E-state index contributed by atoms with van der Waals surface area (Å²) in [5.41, 5.74) is -0.0585. The summed E-state index contributed by atoms with van der Waals surface area (Å²) in [6.45, 7) is 10.9. The molecule has 0 aromatic heterocycles. The monoisotopic (exact) mass is 294 g/mol. The molecule has 1 saturated heterocycles. The zero-order valence-corrected chi connectivity index (χ0v) is 14.5. The van der Waals surface area contributed by atoms with E-state index in [1.807, 2.05) is 0 Å². The molecule has 0 bridgehead atoms. The summed E-state index contributed by atoms with van der Waals surface area (Å²) in [5.74, 6) is 1.04. The molecule has 122 valence electrons. The van der Waals surface area contributed by atoms with Gasteiger partial charge in [0.15, 0.2) is 0 Å². The van der Waals surface area contributed by atoms with Gasteiger partial charge in [0.25, 0.3) is 0 Å². The average molecular weight is 294 g/mol. The maximum atomic E-state index is 13.3. The van der Waals surface area contributed by atoms with Gasteiger partial charge in [0.05, 0.1) is 0 Å². The third kappa shape index (κ3) is 4.00. The second-order valence-electron chi connectivity index (χ2n) is 7.93. The molecule has 0 radical (unpaired) electrons. The van der Waals surface area contributed by atoms with Gasteiger partial charge in [-0.1, -0.05) is 26.7 Å². The number of nitrogens with one attached hydrogen (secondary N) is 1. The van der Waals surface area contributed by atoms with Crippen LogP contribution in [0.3, 0.4) is 0 Å². The minimum absolute atomic E-state index is 0.0585. The first-order chi connectivity index (χ1) is 9.94. The Morgan fingerprint density at radius 3 is 2.33 bits per heavy atom. The van der Waals surface area contributed by atoms with Crippen molar-refractivity contribution in [1.82, 2.24) is 10.2 Å². The Labute approximate surface area is 130 Å². The van der Waals surface area contributed by atoms with Crippen molar-refractivity contribution < 1.29 is 4.79 Å². The third-order valence-corrected chi connectivity index (χ3v) is 5.28. The smallest absolute Gasteiger partial charge is 0.229 e. The summed E-state index contributed by atoms with van der Waals surface area (Å²) < 4.78 is 0. The van der Waals surface area contributed by atoms with Gasteiger partial charge in [0.2, 0.25) is 5.91 Å². The van der Waals surface area contributed by atoms with Crippen LogP contribution in [0.4, 0.5) is 0 Å². The van der Waals surface area contributed by atoms with Crippen LogP contribution in [0.1, 0.15) is 72.6 Å². The number of carbonyl (C=O) groups excluding carboxylic acids is 1. The molecule has 2 rings (SSSR count). The number of hydrogen-bond donors (Lipinski definition) is 1. The van der Waals surface area contributed by atoms with Gasteiger partial charge in [-0.3, -0.25) is 4.79 Å². The molecule has 3 nitrogen and oxygen atoms in total. The fourth-order valence-corrected chi connectivity index (χ4v) is 4.32. The fraction of sp³-hybridized carbons (Fsp3) is 0.944. The second-order valence-corrected chi connectivity index (χ2v) is 7.93. The zero-order valence-electron chi connectivity index (χ0n) is 14.5. The van der Waals surface area contributed by atoms with Gasteiger partial charge in [0, 0.05) is 24.0 Å². The van der Waals surface area contributed by atoms with Crippen molar-refractivity contribution in [3.8, 4) is 0 Å². The van der Waals surface area contributed by atoms with E-state index in [1.165, 1.54) is 25.7 Å². The van der Waals surface area contributed by atoms with E-state index in [9.17, 15) is 4.79 Å². The lowest BCUT2D eigenvalue weighted by Gasteiger charge is -2.39. The van der Waals surface area contributed by atoms with E-state index in [-0.39, 0.29) is 5.41 Å². The van der Waals surface area contributed by atoms with Crippen molar-refractivity contribution in [2.24, 2.45) is 11.3 Å². The van der Waals surface area contributed by atoms with Crippen molar-refractivity contribution in [3.05, 3.63) is 0 Å². The maximum Gasteiger partial charge on any atom is 0.229 e. The Hall–Kier alpha value is -0.570. The Bertz CT molecular complexity index is 339. The van der Waals surface area contributed by atoms with Crippen molar-refractivity contribution in [2.45, 2.75) is 84.7 Å². The molecule has 2 fully saturated rings. The zero-order chi connectivity index (χ0) is 15.5. The Morgan fingerprint density at radius 1 is 1.19 bits per heavy atom. The molecule has 1 unspecified atom stereocenters.